The van der Waals surface area contributed by atoms with Gasteiger partial charge in [-0.25, -0.2) is 8.42 Å². The average Bonchev–Trinajstić information content (AvgIpc) is 2.64. The highest BCUT2D eigenvalue weighted by Crippen LogP contribution is 2.30. The molecule has 8 heteroatoms. The summed E-state index contributed by atoms with van der Waals surface area (Å²) in [4.78, 5) is 12.5. The topological polar surface area (TPSA) is 66.5 Å². The molecule has 0 radical (unpaired) electrons. The van der Waals surface area contributed by atoms with Crippen LogP contribution in [0.3, 0.4) is 0 Å². The molecule has 2 fully saturated rings. The van der Waals surface area contributed by atoms with E-state index in [1.165, 1.54) is 35.7 Å². The highest BCUT2D eigenvalue weighted by atomic mass is 35.5. The summed E-state index contributed by atoms with van der Waals surface area (Å²) in [5, 5.41) is 3.63. The standard InChI is InChI=1S/C18H24Cl2N2O3S/c19-14-6-7-16(20)17(12-14)26(24,25)22-10-8-13(9-11-22)18(23)21-15-4-2-1-3-5-15/h6-7,12-13,15H,1-5,8-11H2,(H,21,23). The van der Waals surface area contributed by atoms with Gasteiger partial charge >= 0.3 is 0 Å². The molecule has 1 heterocycles. The van der Waals surface area contributed by atoms with Crippen LogP contribution in [0.4, 0.5) is 0 Å². The fourth-order valence-electron chi connectivity index (χ4n) is 3.74. The van der Waals surface area contributed by atoms with Gasteiger partial charge in [-0.15, -0.1) is 0 Å². The number of nitrogens with one attached hydrogen (secondary N) is 1. The molecule has 5 nitrogen and oxygen atoms in total. The predicted molar refractivity (Wildman–Crippen MR) is 103 cm³/mol. The van der Waals surface area contributed by atoms with E-state index >= 15 is 0 Å². The molecule has 144 valence electrons. The fraction of sp³-hybridized carbons (Fsp3) is 0.611. The van der Waals surface area contributed by atoms with Crippen LogP contribution in [0.2, 0.25) is 10.0 Å². The van der Waals surface area contributed by atoms with Crippen molar-refractivity contribution < 1.29 is 13.2 Å². The van der Waals surface area contributed by atoms with Gasteiger partial charge in [-0.05, 0) is 43.9 Å². The minimum absolute atomic E-state index is 0.0248. The van der Waals surface area contributed by atoms with Crippen LogP contribution in [0.5, 0.6) is 0 Å². The Hall–Kier alpha value is -0.820. The zero-order valence-corrected chi connectivity index (χ0v) is 16.9. The van der Waals surface area contributed by atoms with Crippen LogP contribution >= 0.6 is 23.2 Å². The van der Waals surface area contributed by atoms with Crippen LogP contribution in [0.1, 0.15) is 44.9 Å². The Bertz CT molecular complexity index is 756. The highest BCUT2D eigenvalue weighted by Gasteiger charge is 2.33. The van der Waals surface area contributed by atoms with Gasteiger partial charge in [0.25, 0.3) is 0 Å². The van der Waals surface area contributed by atoms with Crippen LogP contribution in [-0.4, -0.2) is 37.8 Å². The average molecular weight is 419 g/mol. The van der Waals surface area contributed by atoms with E-state index in [9.17, 15) is 13.2 Å². The Labute approximate surface area is 165 Å². The van der Waals surface area contributed by atoms with Gasteiger partial charge in [0.15, 0.2) is 0 Å². The maximum absolute atomic E-state index is 12.8. The molecule has 0 spiro atoms. The number of carbonyl (C=O) groups is 1. The first-order valence-corrected chi connectivity index (χ1v) is 11.3. The Morgan fingerprint density at radius 3 is 2.35 bits per heavy atom. The van der Waals surface area contributed by atoms with Crippen molar-refractivity contribution in [2.75, 3.05) is 13.1 Å². The first kappa shape index (κ1) is 19.9. The van der Waals surface area contributed by atoms with Crippen LogP contribution in [0.25, 0.3) is 0 Å². The lowest BCUT2D eigenvalue weighted by atomic mass is 9.93. The van der Waals surface area contributed by atoms with Gasteiger partial charge in [0.05, 0.1) is 5.02 Å². The van der Waals surface area contributed by atoms with Crippen molar-refractivity contribution in [3.8, 4) is 0 Å². The molecule has 2 aliphatic rings. The number of halogens is 2. The molecular formula is C18H24Cl2N2O3S. The number of piperidine rings is 1. The Morgan fingerprint density at radius 2 is 1.69 bits per heavy atom. The Balaban J connectivity index is 1.60. The van der Waals surface area contributed by atoms with Crippen molar-refractivity contribution in [2.45, 2.75) is 55.9 Å². The van der Waals surface area contributed by atoms with E-state index in [2.05, 4.69) is 5.32 Å². The van der Waals surface area contributed by atoms with Gasteiger partial charge in [-0.1, -0.05) is 42.5 Å². The van der Waals surface area contributed by atoms with Crippen molar-refractivity contribution in [3.05, 3.63) is 28.2 Å². The van der Waals surface area contributed by atoms with Gasteiger partial charge in [0.2, 0.25) is 15.9 Å². The summed E-state index contributed by atoms with van der Waals surface area (Å²) >= 11 is 12.0. The zero-order chi connectivity index (χ0) is 18.7. The minimum Gasteiger partial charge on any atom is -0.353 e. The van der Waals surface area contributed by atoms with Crippen molar-refractivity contribution in [1.29, 1.82) is 0 Å². The molecule has 1 aromatic rings. The smallest absolute Gasteiger partial charge is 0.244 e. The molecule has 1 aliphatic heterocycles. The number of sulfonamides is 1. The molecular weight excluding hydrogens is 395 g/mol. The van der Waals surface area contributed by atoms with Gasteiger partial charge in [-0.2, -0.15) is 4.31 Å². The molecule has 0 bridgehead atoms. The predicted octanol–water partition coefficient (Wildman–Crippen LogP) is 3.84. The summed E-state index contributed by atoms with van der Waals surface area (Å²) in [7, 11) is -3.71. The van der Waals surface area contributed by atoms with Crippen LogP contribution < -0.4 is 5.32 Å². The molecule has 1 aromatic carbocycles. The summed E-state index contributed by atoms with van der Waals surface area (Å²) < 4.78 is 27.1. The first-order chi connectivity index (χ1) is 12.4. The Kier molecular flexibility index (Phi) is 6.49. The van der Waals surface area contributed by atoms with Crippen molar-refractivity contribution in [3.63, 3.8) is 0 Å². The fourth-order valence-corrected chi connectivity index (χ4v) is 5.95. The number of nitrogens with zero attached hydrogens (tertiary/aromatic N) is 1. The molecule has 0 unspecified atom stereocenters. The van der Waals surface area contributed by atoms with Gasteiger partial charge in [0.1, 0.15) is 4.90 Å². The van der Waals surface area contributed by atoms with E-state index in [1.807, 2.05) is 0 Å². The molecule has 0 aromatic heterocycles. The third-order valence-electron chi connectivity index (χ3n) is 5.29. The molecule has 0 atom stereocenters. The number of amides is 1. The lowest BCUT2D eigenvalue weighted by Gasteiger charge is -2.32. The number of carbonyl (C=O) groups excluding carboxylic acids is 1. The lowest BCUT2D eigenvalue weighted by molar-refractivity contribution is -0.127. The van der Waals surface area contributed by atoms with Crippen LogP contribution in [0.15, 0.2) is 23.1 Å². The summed E-state index contributed by atoms with van der Waals surface area (Å²) in [5.74, 6) is -0.0621. The number of hydrogen-bond acceptors (Lipinski definition) is 3. The van der Waals surface area contributed by atoms with Crippen molar-refractivity contribution in [1.82, 2.24) is 9.62 Å². The van der Waals surface area contributed by atoms with Crippen LogP contribution in [0, 0.1) is 5.92 Å². The molecule has 3 rings (SSSR count). The third kappa shape index (κ3) is 4.53. The van der Waals surface area contributed by atoms with Crippen molar-refractivity contribution >= 4 is 39.1 Å². The van der Waals surface area contributed by atoms with Gasteiger partial charge in [-0.3, -0.25) is 4.79 Å². The van der Waals surface area contributed by atoms with Gasteiger partial charge < -0.3 is 5.32 Å². The SMILES string of the molecule is O=C(NC1CCCCC1)C1CCN(S(=O)(=O)c2cc(Cl)ccc2Cl)CC1. The second kappa shape index (κ2) is 8.46. The van der Waals surface area contributed by atoms with E-state index in [1.54, 1.807) is 6.07 Å². The molecule has 1 saturated heterocycles. The summed E-state index contributed by atoms with van der Waals surface area (Å²) in [5.41, 5.74) is 0. The largest absolute Gasteiger partial charge is 0.353 e. The quantitative estimate of drug-likeness (QED) is 0.807. The normalized spacial score (nSPS) is 20.8. The second-order valence-corrected chi connectivity index (χ2v) is 9.85. The lowest BCUT2D eigenvalue weighted by Crippen LogP contribution is -2.45. The zero-order valence-electron chi connectivity index (χ0n) is 14.6. The summed E-state index contributed by atoms with van der Waals surface area (Å²) in [6.45, 7) is 0.627. The van der Waals surface area contributed by atoms with E-state index in [-0.39, 0.29) is 27.8 Å². The van der Waals surface area contributed by atoms with E-state index < -0.39 is 10.0 Å². The third-order valence-corrected chi connectivity index (χ3v) is 7.90. The van der Waals surface area contributed by atoms with E-state index in [4.69, 9.17) is 23.2 Å². The maximum atomic E-state index is 12.8. The van der Waals surface area contributed by atoms with Crippen molar-refractivity contribution in [2.24, 2.45) is 5.92 Å². The van der Waals surface area contributed by atoms with Gasteiger partial charge in [0, 0.05) is 30.1 Å². The molecule has 1 aliphatic carbocycles. The molecule has 1 amide bonds. The molecule has 1 saturated carbocycles. The second-order valence-electron chi connectivity index (χ2n) is 7.10. The first-order valence-electron chi connectivity index (χ1n) is 9.13. The van der Waals surface area contributed by atoms with Crippen LogP contribution in [-0.2, 0) is 14.8 Å². The monoisotopic (exact) mass is 418 g/mol. The Morgan fingerprint density at radius 1 is 1.04 bits per heavy atom. The molecule has 1 N–H and O–H groups in total. The highest BCUT2D eigenvalue weighted by molar-refractivity contribution is 7.89. The minimum atomic E-state index is -3.71. The summed E-state index contributed by atoms with van der Waals surface area (Å²) in [6.07, 6.45) is 6.73. The summed E-state index contributed by atoms with van der Waals surface area (Å²) in [6, 6.07) is 4.70. The maximum Gasteiger partial charge on any atom is 0.244 e. The number of hydrogen-bond donors (Lipinski definition) is 1. The van der Waals surface area contributed by atoms with E-state index in [0.717, 1.165) is 12.8 Å². The van der Waals surface area contributed by atoms with E-state index in [0.29, 0.717) is 31.0 Å². The number of benzene rings is 1. The molecule has 26 heavy (non-hydrogen) atoms. The number of rotatable bonds is 4.